The van der Waals surface area contributed by atoms with Crippen LogP contribution in [-0.2, 0) is 16.6 Å². The summed E-state index contributed by atoms with van der Waals surface area (Å²) in [5.74, 6) is 0.292. The Morgan fingerprint density at radius 3 is 2.71 bits per heavy atom. The lowest BCUT2D eigenvalue weighted by atomic mass is 9.86. The van der Waals surface area contributed by atoms with Crippen LogP contribution in [0, 0.1) is 17.1 Å². The molecule has 28 heavy (non-hydrogen) atoms. The molecule has 0 aliphatic carbocycles. The number of amides is 1. The van der Waals surface area contributed by atoms with Gasteiger partial charge < -0.3 is 10.2 Å². The number of rotatable bonds is 4. The van der Waals surface area contributed by atoms with Crippen LogP contribution in [0.2, 0.25) is 0 Å². The van der Waals surface area contributed by atoms with E-state index in [2.05, 4.69) is 15.5 Å². The normalized spacial score (nSPS) is 16.7. The number of nitrogens with one attached hydrogen (secondary N) is 1. The van der Waals surface area contributed by atoms with Gasteiger partial charge in [0.15, 0.2) is 11.5 Å². The van der Waals surface area contributed by atoms with Crippen molar-refractivity contribution in [3.63, 3.8) is 0 Å². The van der Waals surface area contributed by atoms with Crippen molar-refractivity contribution in [3.8, 4) is 6.07 Å². The van der Waals surface area contributed by atoms with Gasteiger partial charge in [0.05, 0.1) is 6.42 Å². The number of carbonyl (C=O) groups excluding carboxylic acids is 1. The van der Waals surface area contributed by atoms with Crippen LogP contribution in [0.5, 0.6) is 0 Å². The Kier molecular flexibility index (Phi) is 5.59. The largest absolute Gasteiger partial charge is 0.353 e. The van der Waals surface area contributed by atoms with Gasteiger partial charge in [0.25, 0.3) is 0 Å². The average Bonchev–Trinajstić information content (AvgIpc) is 3.09. The van der Waals surface area contributed by atoms with E-state index in [0.29, 0.717) is 23.5 Å². The van der Waals surface area contributed by atoms with Crippen molar-refractivity contribution in [2.45, 2.75) is 45.1 Å². The summed E-state index contributed by atoms with van der Waals surface area (Å²) in [7, 11) is 0. The van der Waals surface area contributed by atoms with E-state index in [1.165, 1.54) is 6.07 Å². The molecule has 1 N–H and O–H groups in total. The zero-order chi connectivity index (χ0) is 20.3. The second-order valence-corrected chi connectivity index (χ2v) is 8.13. The standard InChI is InChI=1S/C21H24FN5O/c1-21(2,3)17-6-4-14(10-18(17)22)11-20(28)24-16-8-9-27(13-16)19-7-5-15(12-23)25-26-19/h4-7,10,16H,8-9,11,13H2,1-3H3,(H,24,28)/t16-/m0/s1. The Balaban J connectivity index is 1.55. The summed E-state index contributed by atoms with van der Waals surface area (Å²) in [6.07, 6.45) is 0.944. The molecule has 1 fully saturated rings. The fraction of sp³-hybridized carbons (Fsp3) is 0.429. The number of hydrogen-bond donors (Lipinski definition) is 1. The molecule has 0 spiro atoms. The second kappa shape index (κ2) is 7.93. The minimum absolute atomic E-state index is 0.00337. The highest BCUT2D eigenvalue weighted by Crippen LogP contribution is 2.25. The highest BCUT2D eigenvalue weighted by Gasteiger charge is 2.25. The van der Waals surface area contributed by atoms with Crippen LogP contribution in [0.4, 0.5) is 10.2 Å². The molecule has 1 aliphatic heterocycles. The lowest BCUT2D eigenvalue weighted by molar-refractivity contribution is -0.121. The van der Waals surface area contributed by atoms with Crippen molar-refractivity contribution < 1.29 is 9.18 Å². The third kappa shape index (κ3) is 4.63. The number of halogens is 1. The lowest BCUT2D eigenvalue weighted by Crippen LogP contribution is -2.38. The molecule has 6 nitrogen and oxygen atoms in total. The lowest BCUT2D eigenvalue weighted by Gasteiger charge is -2.20. The number of nitriles is 1. The second-order valence-electron chi connectivity index (χ2n) is 8.13. The molecule has 7 heteroatoms. The van der Waals surface area contributed by atoms with Crippen LogP contribution in [0.3, 0.4) is 0 Å². The van der Waals surface area contributed by atoms with E-state index in [4.69, 9.17) is 5.26 Å². The van der Waals surface area contributed by atoms with Gasteiger partial charge in [-0.15, -0.1) is 10.2 Å². The molecular weight excluding hydrogens is 357 g/mol. The molecule has 1 aromatic heterocycles. The zero-order valence-corrected chi connectivity index (χ0v) is 16.4. The number of nitrogens with zero attached hydrogens (tertiary/aromatic N) is 4. The van der Waals surface area contributed by atoms with Crippen molar-refractivity contribution in [2.24, 2.45) is 0 Å². The predicted molar refractivity (Wildman–Crippen MR) is 104 cm³/mol. The molecule has 1 aromatic carbocycles. The molecule has 0 radical (unpaired) electrons. The van der Waals surface area contributed by atoms with Crippen molar-refractivity contribution in [2.75, 3.05) is 18.0 Å². The number of benzene rings is 1. The maximum Gasteiger partial charge on any atom is 0.224 e. The van der Waals surface area contributed by atoms with Gasteiger partial charge in [-0.3, -0.25) is 4.79 Å². The van der Waals surface area contributed by atoms with Crippen molar-refractivity contribution in [1.82, 2.24) is 15.5 Å². The predicted octanol–water partition coefficient (Wildman–Crippen LogP) is 2.72. The van der Waals surface area contributed by atoms with Gasteiger partial charge >= 0.3 is 0 Å². The Bertz CT molecular complexity index is 898. The fourth-order valence-corrected chi connectivity index (χ4v) is 3.38. The zero-order valence-electron chi connectivity index (χ0n) is 16.4. The summed E-state index contributed by atoms with van der Waals surface area (Å²) >= 11 is 0. The minimum atomic E-state index is -0.274. The van der Waals surface area contributed by atoms with E-state index in [0.717, 1.165) is 13.0 Å². The smallest absolute Gasteiger partial charge is 0.224 e. The van der Waals surface area contributed by atoms with E-state index in [1.54, 1.807) is 18.2 Å². The average molecular weight is 381 g/mol. The molecule has 1 atom stereocenters. The van der Waals surface area contributed by atoms with Crippen LogP contribution in [0.1, 0.15) is 44.0 Å². The summed E-state index contributed by atoms with van der Waals surface area (Å²) in [5, 5.41) is 19.7. The van der Waals surface area contributed by atoms with Crippen molar-refractivity contribution in [3.05, 3.63) is 53.0 Å². The van der Waals surface area contributed by atoms with Crippen molar-refractivity contribution >= 4 is 11.7 Å². The molecule has 0 unspecified atom stereocenters. The molecule has 146 valence electrons. The van der Waals surface area contributed by atoms with Crippen LogP contribution in [0.15, 0.2) is 30.3 Å². The summed E-state index contributed by atoms with van der Waals surface area (Å²) in [6.45, 7) is 7.26. The summed E-state index contributed by atoms with van der Waals surface area (Å²) in [6, 6.07) is 10.4. The number of anilines is 1. The van der Waals surface area contributed by atoms with Gasteiger partial charge in [-0.1, -0.05) is 32.9 Å². The first-order valence-corrected chi connectivity index (χ1v) is 9.33. The summed E-state index contributed by atoms with van der Waals surface area (Å²) in [5.41, 5.74) is 1.31. The minimum Gasteiger partial charge on any atom is -0.353 e. The van der Waals surface area contributed by atoms with E-state index in [1.807, 2.05) is 37.8 Å². The van der Waals surface area contributed by atoms with E-state index in [9.17, 15) is 9.18 Å². The topological polar surface area (TPSA) is 81.9 Å². The van der Waals surface area contributed by atoms with E-state index < -0.39 is 0 Å². The molecular formula is C21H24FN5O. The molecule has 2 heterocycles. The van der Waals surface area contributed by atoms with Gasteiger partial charge in [-0.05, 0) is 41.2 Å². The van der Waals surface area contributed by atoms with Gasteiger partial charge in [-0.25, -0.2) is 4.39 Å². The molecule has 2 aromatic rings. The Morgan fingerprint density at radius 1 is 1.32 bits per heavy atom. The first kappa shape index (κ1) is 19.7. The van der Waals surface area contributed by atoms with Crippen LogP contribution >= 0.6 is 0 Å². The highest BCUT2D eigenvalue weighted by atomic mass is 19.1. The van der Waals surface area contributed by atoms with E-state index >= 15 is 0 Å². The molecule has 1 aliphatic rings. The SMILES string of the molecule is CC(C)(C)c1ccc(CC(=O)N[C@H]2CCN(c3ccc(C#N)nn3)C2)cc1F. The Hall–Kier alpha value is -3.01. The van der Waals surface area contributed by atoms with Crippen LogP contribution in [0.25, 0.3) is 0 Å². The first-order chi connectivity index (χ1) is 13.3. The number of carbonyl (C=O) groups is 1. The maximum atomic E-state index is 14.3. The third-order valence-electron chi connectivity index (χ3n) is 4.85. The number of hydrogen-bond acceptors (Lipinski definition) is 5. The van der Waals surface area contributed by atoms with Crippen molar-refractivity contribution in [1.29, 1.82) is 5.26 Å². The van der Waals surface area contributed by atoms with Gasteiger partial charge in [0, 0.05) is 19.1 Å². The molecule has 0 saturated carbocycles. The van der Waals surface area contributed by atoms with Gasteiger partial charge in [0.2, 0.25) is 5.91 Å². The molecule has 3 rings (SSSR count). The number of aromatic nitrogens is 2. The highest BCUT2D eigenvalue weighted by molar-refractivity contribution is 5.79. The van der Waals surface area contributed by atoms with Crippen LogP contribution in [-0.4, -0.2) is 35.2 Å². The summed E-state index contributed by atoms with van der Waals surface area (Å²) < 4.78 is 14.3. The Morgan fingerprint density at radius 2 is 2.11 bits per heavy atom. The van der Waals surface area contributed by atoms with Gasteiger partial charge in [0.1, 0.15) is 11.9 Å². The summed E-state index contributed by atoms with van der Waals surface area (Å²) in [4.78, 5) is 14.4. The molecule has 1 amide bonds. The maximum absolute atomic E-state index is 14.3. The fourth-order valence-electron chi connectivity index (χ4n) is 3.38. The Labute approximate surface area is 164 Å². The molecule has 1 saturated heterocycles. The third-order valence-corrected chi connectivity index (χ3v) is 4.85. The first-order valence-electron chi connectivity index (χ1n) is 9.33. The van der Waals surface area contributed by atoms with E-state index in [-0.39, 0.29) is 35.3 Å². The van der Waals surface area contributed by atoms with Gasteiger partial charge in [-0.2, -0.15) is 5.26 Å². The molecule has 0 bridgehead atoms. The van der Waals surface area contributed by atoms with Crippen LogP contribution < -0.4 is 10.2 Å². The monoisotopic (exact) mass is 381 g/mol. The quantitative estimate of drug-likeness (QED) is 0.881.